The molecule has 0 saturated heterocycles. The minimum Gasteiger partial charge on any atom is -0.437 e. The van der Waals surface area contributed by atoms with Crippen molar-refractivity contribution < 1.29 is 19.1 Å². The number of aryl methyl sites for hydroxylation is 1. The van der Waals surface area contributed by atoms with Crippen molar-refractivity contribution in [3.8, 4) is 11.6 Å². The Bertz CT molecular complexity index is 1320. The molecule has 0 unspecified atom stereocenters. The fourth-order valence-corrected chi connectivity index (χ4v) is 5.21. The topological polar surface area (TPSA) is 107 Å². The highest BCUT2D eigenvalue weighted by atomic mass is 28.3. The van der Waals surface area contributed by atoms with Crippen molar-refractivity contribution in [2.75, 3.05) is 6.61 Å². The van der Waals surface area contributed by atoms with Crippen LogP contribution >= 0.6 is 0 Å². The van der Waals surface area contributed by atoms with Gasteiger partial charge in [-0.1, -0.05) is 32.6 Å². The number of carbonyl (C=O) groups is 2. The first-order chi connectivity index (χ1) is 18.0. The molecule has 2 amide bonds. The van der Waals surface area contributed by atoms with Crippen molar-refractivity contribution in [3.63, 3.8) is 0 Å². The second-order valence-electron chi connectivity index (χ2n) is 11.3. The number of aromatic nitrogens is 3. The molecule has 2 atom stereocenters. The van der Waals surface area contributed by atoms with E-state index in [9.17, 15) is 9.59 Å². The molecule has 2 heterocycles. The van der Waals surface area contributed by atoms with E-state index in [1.165, 1.54) is 12.5 Å². The summed E-state index contributed by atoms with van der Waals surface area (Å²) in [5.74, 6) is 0.644. The summed E-state index contributed by atoms with van der Waals surface area (Å²) in [4.78, 5) is 34.0. The molecule has 0 aliphatic heterocycles. The normalized spacial score (nSPS) is 15.8. The zero-order chi connectivity index (χ0) is 27.4. The average Bonchev–Trinajstić information content (AvgIpc) is 3.41. The van der Waals surface area contributed by atoms with Crippen molar-refractivity contribution in [3.05, 3.63) is 47.3 Å². The number of carbonyl (C=O) groups excluding carboxylic acids is 2. The second kappa shape index (κ2) is 11.7. The number of fused-ring (bicyclic) bond motifs is 2. The number of benzene rings is 1. The number of amides is 2. The summed E-state index contributed by atoms with van der Waals surface area (Å²) >= 11 is 0. The van der Waals surface area contributed by atoms with Gasteiger partial charge < -0.3 is 24.7 Å². The summed E-state index contributed by atoms with van der Waals surface area (Å²) in [7, 11) is -1.21. The van der Waals surface area contributed by atoms with E-state index in [0.29, 0.717) is 41.7 Å². The molecule has 38 heavy (non-hydrogen) atoms. The van der Waals surface area contributed by atoms with Crippen LogP contribution in [0, 0.1) is 0 Å². The van der Waals surface area contributed by atoms with Gasteiger partial charge in [0.05, 0.1) is 17.8 Å². The Hall–Kier alpha value is -3.24. The molecular formula is C28H39N5O4Si. The second-order valence-corrected chi connectivity index (χ2v) is 16.9. The molecule has 3 aromatic rings. The lowest BCUT2D eigenvalue weighted by Gasteiger charge is -2.15. The van der Waals surface area contributed by atoms with Crippen molar-refractivity contribution >= 4 is 31.1 Å². The largest absolute Gasteiger partial charge is 0.437 e. The highest BCUT2D eigenvalue weighted by Crippen LogP contribution is 2.35. The fourth-order valence-electron chi connectivity index (χ4n) is 4.45. The summed E-state index contributed by atoms with van der Waals surface area (Å²) < 4.78 is 13.9. The Morgan fingerprint density at radius 1 is 1.26 bits per heavy atom. The molecular weight excluding hydrogens is 498 g/mol. The third-order valence-electron chi connectivity index (χ3n) is 6.80. The number of hydrogen-bond acceptors (Lipinski definition) is 6. The van der Waals surface area contributed by atoms with Crippen LogP contribution in [-0.4, -0.2) is 47.1 Å². The van der Waals surface area contributed by atoms with Crippen LogP contribution in [-0.2, 0) is 22.7 Å². The van der Waals surface area contributed by atoms with E-state index in [2.05, 4.69) is 40.2 Å². The molecule has 2 N–H and O–H groups in total. The van der Waals surface area contributed by atoms with Crippen LogP contribution in [0.25, 0.3) is 11.2 Å². The van der Waals surface area contributed by atoms with Gasteiger partial charge in [-0.3, -0.25) is 9.59 Å². The molecule has 204 valence electrons. The van der Waals surface area contributed by atoms with Crippen LogP contribution < -0.4 is 15.4 Å². The smallest absolute Gasteiger partial charge is 0.255 e. The van der Waals surface area contributed by atoms with Gasteiger partial charge in [0.1, 0.15) is 18.0 Å². The molecule has 1 aromatic carbocycles. The van der Waals surface area contributed by atoms with Crippen LogP contribution in [0.3, 0.4) is 0 Å². The Labute approximate surface area is 225 Å². The van der Waals surface area contributed by atoms with Gasteiger partial charge in [-0.15, -0.1) is 0 Å². The van der Waals surface area contributed by atoms with E-state index in [1.54, 1.807) is 12.4 Å². The maximum absolute atomic E-state index is 13.1. The van der Waals surface area contributed by atoms with Gasteiger partial charge in [0, 0.05) is 33.8 Å². The third kappa shape index (κ3) is 6.79. The predicted octanol–water partition coefficient (Wildman–Crippen LogP) is 5.19. The van der Waals surface area contributed by atoms with Crippen LogP contribution in [0.4, 0.5) is 0 Å². The summed E-state index contributed by atoms with van der Waals surface area (Å²) in [5.41, 5.74) is 3.73. The van der Waals surface area contributed by atoms with Crippen LogP contribution in [0.2, 0.25) is 25.7 Å². The average molecular weight is 538 g/mol. The number of ether oxygens (including phenoxy) is 2. The quantitative estimate of drug-likeness (QED) is 0.258. The third-order valence-corrected chi connectivity index (χ3v) is 8.50. The van der Waals surface area contributed by atoms with Gasteiger partial charge in [-0.05, 0) is 55.5 Å². The number of rotatable bonds is 11. The summed E-state index contributed by atoms with van der Waals surface area (Å²) in [6.07, 6.45) is 5.92. The number of nitrogens with one attached hydrogen (secondary N) is 2. The summed E-state index contributed by atoms with van der Waals surface area (Å²) in [6, 6.07) is 6.94. The van der Waals surface area contributed by atoms with E-state index >= 15 is 0 Å². The number of nitrogens with zero attached hydrogens (tertiary/aromatic N) is 3. The molecule has 0 spiro atoms. The molecule has 4 rings (SSSR count). The maximum atomic E-state index is 13.1. The van der Waals surface area contributed by atoms with E-state index in [4.69, 9.17) is 9.47 Å². The molecule has 2 aromatic heterocycles. The van der Waals surface area contributed by atoms with Crippen molar-refractivity contribution in [1.29, 1.82) is 0 Å². The van der Waals surface area contributed by atoms with Crippen LogP contribution in [0.15, 0.2) is 30.6 Å². The molecule has 0 radical (unpaired) electrons. The van der Waals surface area contributed by atoms with Gasteiger partial charge >= 0.3 is 0 Å². The van der Waals surface area contributed by atoms with E-state index in [1.807, 2.05) is 36.6 Å². The molecule has 1 aliphatic rings. The molecule has 0 saturated carbocycles. The van der Waals surface area contributed by atoms with Crippen molar-refractivity contribution in [1.82, 2.24) is 25.2 Å². The summed E-state index contributed by atoms with van der Waals surface area (Å²) in [5, 5.41) is 6.03. The lowest BCUT2D eigenvalue weighted by molar-refractivity contribution is -0.119. The highest BCUT2D eigenvalue weighted by molar-refractivity contribution is 6.76. The first kappa shape index (κ1) is 27.8. The van der Waals surface area contributed by atoms with Crippen LogP contribution in [0.5, 0.6) is 11.6 Å². The molecule has 1 aliphatic carbocycles. The van der Waals surface area contributed by atoms with E-state index in [0.717, 1.165) is 30.9 Å². The first-order valence-corrected chi connectivity index (χ1v) is 17.1. The number of hydrogen-bond donors (Lipinski definition) is 2. The minimum absolute atomic E-state index is 0.0227. The first-order valence-electron chi connectivity index (χ1n) is 13.4. The zero-order valence-electron chi connectivity index (χ0n) is 23.3. The van der Waals surface area contributed by atoms with Gasteiger partial charge in [-0.2, -0.15) is 0 Å². The molecule has 9 nitrogen and oxygen atoms in total. The van der Waals surface area contributed by atoms with Gasteiger partial charge in [0.2, 0.25) is 11.8 Å². The zero-order valence-corrected chi connectivity index (χ0v) is 24.3. The van der Waals surface area contributed by atoms with Crippen molar-refractivity contribution in [2.45, 2.75) is 84.5 Å². The minimum atomic E-state index is -1.21. The fraction of sp³-hybridized carbons (Fsp3) is 0.500. The predicted molar refractivity (Wildman–Crippen MR) is 150 cm³/mol. The van der Waals surface area contributed by atoms with Crippen molar-refractivity contribution in [2.24, 2.45) is 0 Å². The van der Waals surface area contributed by atoms with E-state index < -0.39 is 8.07 Å². The van der Waals surface area contributed by atoms with Crippen LogP contribution in [0.1, 0.15) is 61.1 Å². The molecule has 0 bridgehead atoms. The highest BCUT2D eigenvalue weighted by Gasteiger charge is 2.24. The lowest BCUT2D eigenvalue weighted by atomic mass is 10.1. The van der Waals surface area contributed by atoms with Gasteiger partial charge in [0.15, 0.2) is 5.65 Å². The summed E-state index contributed by atoms with van der Waals surface area (Å²) in [6.45, 7) is 13.4. The van der Waals surface area contributed by atoms with E-state index in [-0.39, 0.29) is 23.9 Å². The molecule has 0 fully saturated rings. The lowest BCUT2D eigenvalue weighted by Crippen LogP contribution is -2.31. The van der Waals surface area contributed by atoms with Gasteiger partial charge in [0.25, 0.3) is 5.91 Å². The monoisotopic (exact) mass is 537 g/mol. The standard InChI is InChI=1S/C28H39N5O4Si/c1-7-18(2)30-28(35)23-16-33(17-36-12-13-38(4,5)6)27-26(23)32-25(15-29-27)37-21-10-8-20-9-11-24(22(20)14-21)31-19(3)34/h8,10,14-16,18,24H,7,9,11-13,17H2,1-6H3,(H,30,35)(H,31,34)/t18-,24+/m0/s1. The van der Waals surface area contributed by atoms with Gasteiger partial charge in [-0.25, -0.2) is 9.97 Å². The Morgan fingerprint density at radius 3 is 2.76 bits per heavy atom. The SMILES string of the molecule is CC[C@H](C)NC(=O)c1cn(COCC[Si](C)(C)C)c2ncc(Oc3ccc4c(c3)[C@H](NC(C)=O)CC4)nc12. The maximum Gasteiger partial charge on any atom is 0.255 e. The molecule has 10 heteroatoms. The Kier molecular flexibility index (Phi) is 8.52. The Morgan fingerprint density at radius 2 is 2.05 bits per heavy atom. The Balaban J connectivity index is 1.60.